The van der Waals surface area contributed by atoms with Gasteiger partial charge in [0.2, 0.25) is 5.24 Å². The molecule has 3 heteroatoms. The van der Waals surface area contributed by atoms with Crippen LogP contribution in [0.15, 0.2) is 24.3 Å². The Morgan fingerprint density at radius 3 is 2.79 bits per heavy atom. The summed E-state index contributed by atoms with van der Waals surface area (Å²) in [7, 11) is 0. The smallest absolute Gasteiger partial charge is 0.229 e. The third-order valence-corrected chi connectivity index (χ3v) is 2.83. The Balaban J connectivity index is 2.52. The first kappa shape index (κ1) is 9.41. The summed E-state index contributed by atoms with van der Waals surface area (Å²) in [6.07, 6.45) is 0.957. The van der Waals surface area contributed by atoms with E-state index in [9.17, 15) is 9.59 Å². The second kappa shape index (κ2) is 3.54. The molecule has 0 saturated heterocycles. The summed E-state index contributed by atoms with van der Waals surface area (Å²) in [6.45, 7) is 0. The molecule has 0 amide bonds. The lowest BCUT2D eigenvalue weighted by Gasteiger charge is -2.21. The molecule has 1 aliphatic carbocycles. The molecule has 0 fully saturated rings. The van der Waals surface area contributed by atoms with Crippen LogP contribution in [0.3, 0.4) is 0 Å². The van der Waals surface area contributed by atoms with E-state index in [-0.39, 0.29) is 16.9 Å². The highest BCUT2D eigenvalue weighted by Gasteiger charge is 2.28. The number of rotatable bonds is 1. The van der Waals surface area contributed by atoms with Crippen molar-refractivity contribution < 1.29 is 9.59 Å². The number of carbonyl (C=O) groups is 2. The average Bonchev–Trinajstić information content (AvgIpc) is 2.18. The fourth-order valence-electron chi connectivity index (χ4n) is 1.86. The monoisotopic (exact) mass is 208 g/mol. The fourth-order valence-corrected chi connectivity index (χ4v) is 2.08. The first-order chi connectivity index (χ1) is 6.70. The van der Waals surface area contributed by atoms with Gasteiger partial charge in [-0.05, 0) is 23.6 Å². The molecule has 1 aliphatic rings. The lowest BCUT2D eigenvalue weighted by molar-refractivity contribution is -0.113. The quantitative estimate of drug-likeness (QED) is 0.665. The van der Waals surface area contributed by atoms with E-state index in [0.29, 0.717) is 18.4 Å². The topological polar surface area (TPSA) is 34.1 Å². The number of halogens is 1. The minimum Gasteiger partial charge on any atom is -0.294 e. The number of hydrogen-bond acceptors (Lipinski definition) is 2. The van der Waals surface area contributed by atoms with Gasteiger partial charge >= 0.3 is 0 Å². The average molecular weight is 209 g/mol. The lowest BCUT2D eigenvalue weighted by atomic mass is 9.83. The van der Waals surface area contributed by atoms with E-state index in [0.717, 1.165) is 5.56 Å². The standard InChI is InChI=1S/C11H9ClO2/c12-11(14)9-5-6-10(13)8-4-2-1-3-7(8)9/h1-4,9H,5-6H2/t9-/m0/s1. The molecule has 0 radical (unpaired) electrons. The predicted molar refractivity (Wildman–Crippen MR) is 53.6 cm³/mol. The summed E-state index contributed by atoms with van der Waals surface area (Å²) in [4.78, 5) is 22.6. The number of ketones is 1. The number of carbonyl (C=O) groups excluding carboxylic acids is 2. The summed E-state index contributed by atoms with van der Waals surface area (Å²) >= 11 is 5.48. The maximum Gasteiger partial charge on any atom is 0.229 e. The molecule has 0 heterocycles. The molecule has 0 saturated carbocycles. The third-order valence-electron chi connectivity index (χ3n) is 2.57. The van der Waals surface area contributed by atoms with E-state index in [4.69, 9.17) is 11.6 Å². The van der Waals surface area contributed by atoms with Gasteiger partial charge in [-0.3, -0.25) is 9.59 Å². The molecule has 0 aromatic heterocycles. The van der Waals surface area contributed by atoms with E-state index < -0.39 is 0 Å². The lowest BCUT2D eigenvalue weighted by Crippen LogP contribution is -2.19. The first-order valence-corrected chi connectivity index (χ1v) is 4.89. The normalized spacial score (nSPS) is 20.4. The van der Waals surface area contributed by atoms with Crippen molar-refractivity contribution in [3.05, 3.63) is 35.4 Å². The van der Waals surface area contributed by atoms with Crippen LogP contribution in [0.1, 0.15) is 34.7 Å². The molecular formula is C11H9ClO2. The molecule has 2 nitrogen and oxygen atoms in total. The van der Waals surface area contributed by atoms with Crippen LogP contribution < -0.4 is 0 Å². The zero-order chi connectivity index (χ0) is 10.1. The molecule has 1 aromatic rings. The molecule has 0 spiro atoms. The van der Waals surface area contributed by atoms with Gasteiger partial charge in [0.25, 0.3) is 0 Å². The van der Waals surface area contributed by atoms with Gasteiger partial charge in [0.1, 0.15) is 0 Å². The molecule has 0 bridgehead atoms. The summed E-state index contributed by atoms with van der Waals surface area (Å²) in [5, 5.41) is -0.370. The Morgan fingerprint density at radius 1 is 1.36 bits per heavy atom. The highest BCUT2D eigenvalue weighted by molar-refractivity contribution is 6.64. The summed E-state index contributed by atoms with van der Waals surface area (Å²) < 4.78 is 0. The summed E-state index contributed by atoms with van der Waals surface area (Å²) in [5.41, 5.74) is 1.43. The van der Waals surface area contributed by atoms with Crippen LogP contribution in [0.25, 0.3) is 0 Å². The number of Topliss-reactive ketones (excluding diaryl/α,β-unsaturated/α-hetero) is 1. The minimum absolute atomic E-state index is 0.106. The van der Waals surface area contributed by atoms with E-state index in [2.05, 4.69) is 0 Å². The van der Waals surface area contributed by atoms with Crippen molar-refractivity contribution in [2.45, 2.75) is 18.8 Å². The SMILES string of the molecule is O=C1CC[C@H](C(=O)Cl)c2ccccc21. The molecule has 0 aliphatic heterocycles. The number of hydrogen-bond donors (Lipinski definition) is 0. The van der Waals surface area contributed by atoms with Crippen molar-refractivity contribution in [3.63, 3.8) is 0 Å². The molecule has 2 rings (SSSR count). The van der Waals surface area contributed by atoms with Gasteiger partial charge in [0, 0.05) is 12.0 Å². The molecule has 72 valence electrons. The van der Waals surface area contributed by atoms with Gasteiger partial charge in [-0.1, -0.05) is 24.3 Å². The maximum absolute atomic E-state index is 11.5. The van der Waals surface area contributed by atoms with Gasteiger partial charge in [0.15, 0.2) is 5.78 Å². The Morgan fingerprint density at radius 2 is 2.07 bits per heavy atom. The summed E-state index contributed by atoms with van der Waals surface area (Å²) in [6, 6.07) is 7.18. The van der Waals surface area contributed by atoms with Crippen molar-refractivity contribution in [1.29, 1.82) is 0 Å². The number of fused-ring (bicyclic) bond motifs is 1. The Hall–Kier alpha value is -1.15. The zero-order valence-corrected chi connectivity index (χ0v) is 8.25. The van der Waals surface area contributed by atoms with Crippen LogP contribution in [-0.2, 0) is 4.79 Å². The second-order valence-electron chi connectivity index (χ2n) is 3.41. The van der Waals surface area contributed by atoms with Crippen LogP contribution in [0, 0.1) is 0 Å². The highest BCUT2D eigenvalue weighted by atomic mass is 35.5. The highest BCUT2D eigenvalue weighted by Crippen LogP contribution is 2.32. The van der Waals surface area contributed by atoms with E-state index in [1.165, 1.54) is 0 Å². The van der Waals surface area contributed by atoms with Crippen LogP contribution in [-0.4, -0.2) is 11.0 Å². The predicted octanol–water partition coefficient (Wildman–Crippen LogP) is 2.51. The zero-order valence-electron chi connectivity index (χ0n) is 7.50. The Labute approximate surface area is 86.9 Å². The van der Waals surface area contributed by atoms with Crippen molar-refractivity contribution in [2.75, 3.05) is 0 Å². The van der Waals surface area contributed by atoms with Crippen molar-refractivity contribution in [2.24, 2.45) is 0 Å². The van der Waals surface area contributed by atoms with Gasteiger partial charge in [-0.15, -0.1) is 0 Å². The molecule has 0 unspecified atom stereocenters. The fraction of sp³-hybridized carbons (Fsp3) is 0.273. The van der Waals surface area contributed by atoms with E-state index in [1.54, 1.807) is 18.2 Å². The largest absolute Gasteiger partial charge is 0.294 e. The molecular weight excluding hydrogens is 200 g/mol. The second-order valence-corrected chi connectivity index (χ2v) is 3.78. The first-order valence-electron chi connectivity index (χ1n) is 4.51. The third kappa shape index (κ3) is 1.46. The van der Waals surface area contributed by atoms with Crippen molar-refractivity contribution in [1.82, 2.24) is 0 Å². The molecule has 1 aromatic carbocycles. The molecule has 14 heavy (non-hydrogen) atoms. The van der Waals surface area contributed by atoms with Gasteiger partial charge < -0.3 is 0 Å². The van der Waals surface area contributed by atoms with Crippen LogP contribution in [0.5, 0.6) is 0 Å². The Kier molecular flexibility index (Phi) is 2.38. The van der Waals surface area contributed by atoms with Gasteiger partial charge in [-0.2, -0.15) is 0 Å². The van der Waals surface area contributed by atoms with Crippen molar-refractivity contribution >= 4 is 22.6 Å². The molecule has 0 N–H and O–H groups in total. The number of benzene rings is 1. The van der Waals surface area contributed by atoms with Gasteiger partial charge in [-0.25, -0.2) is 0 Å². The summed E-state index contributed by atoms with van der Waals surface area (Å²) in [5.74, 6) is -0.194. The van der Waals surface area contributed by atoms with Crippen LogP contribution in [0.2, 0.25) is 0 Å². The maximum atomic E-state index is 11.5. The van der Waals surface area contributed by atoms with Crippen LogP contribution in [0.4, 0.5) is 0 Å². The van der Waals surface area contributed by atoms with Crippen LogP contribution >= 0.6 is 11.6 Å². The van der Waals surface area contributed by atoms with E-state index >= 15 is 0 Å². The van der Waals surface area contributed by atoms with Gasteiger partial charge in [0.05, 0.1) is 5.92 Å². The molecule has 1 atom stereocenters. The Bertz CT molecular complexity index is 398. The van der Waals surface area contributed by atoms with E-state index in [1.807, 2.05) is 6.07 Å². The van der Waals surface area contributed by atoms with Crippen molar-refractivity contribution in [3.8, 4) is 0 Å². The minimum atomic E-state index is -0.370.